The number of aromatic nitrogens is 1. The molecule has 0 amide bonds. The number of piperidine rings is 1. The van der Waals surface area contributed by atoms with Crippen molar-refractivity contribution >= 4 is 5.69 Å². The maximum Gasteiger partial charge on any atom is 0.274 e. The molecule has 1 saturated heterocycles. The number of nitrogens with zero attached hydrogens (tertiary/aromatic N) is 3. The molecule has 0 aliphatic carbocycles. The van der Waals surface area contributed by atoms with Gasteiger partial charge in [0.15, 0.2) is 0 Å². The lowest BCUT2D eigenvalue weighted by Gasteiger charge is -2.33. The zero-order valence-corrected chi connectivity index (χ0v) is 18.8. The Morgan fingerprint density at radius 2 is 1.66 bits per heavy atom. The molecule has 32 heavy (non-hydrogen) atoms. The lowest BCUT2D eigenvalue weighted by Crippen LogP contribution is -2.43. The molecule has 0 atom stereocenters. The van der Waals surface area contributed by atoms with E-state index in [1.807, 2.05) is 68.7 Å². The molecule has 164 valence electrons. The van der Waals surface area contributed by atoms with Crippen LogP contribution in [-0.4, -0.2) is 37.9 Å². The highest BCUT2D eigenvalue weighted by atomic mass is 16.5. The van der Waals surface area contributed by atoms with Gasteiger partial charge < -0.3 is 19.5 Å². The van der Waals surface area contributed by atoms with Crippen molar-refractivity contribution in [1.29, 1.82) is 5.26 Å². The normalized spacial score (nSPS) is 14.2. The third-order valence-corrected chi connectivity index (χ3v) is 6.33. The van der Waals surface area contributed by atoms with Gasteiger partial charge in [-0.2, -0.15) is 5.26 Å². The molecule has 0 spiro atoms. The summed E-state index contributed by atoms with van der Waals surface area (Å²) in [7, 11) is 5.46. The number of nitriles is 1. The largest absolute Gasteiger partial charge is 0.497 e. The van der Waals surface area contributed by atoms with Crippen LogP contribution in [0, 0.1) is 11.3 Å². The fourth-order valence-electron chi connectivity index (χ4n) is 4.40. The highest BCUT2D eigenvalue weighted by molar-refractivity contribution is 5.84. The molecule has 6 heteroatoms. The number of rotatable bonds is 5. The third kappa shape index (κ3) is 4.12. The number of hydrogen-bond donors (Lipinski definition) is 1. The fraction of sp³-hybridized carbons (Fsp3) is 0.308. The molecule has 4 rings (SSSR count). The second-order valence-electron chi connectivity index (χ2n) is 8.12. The Morgan fingerprint density at radius 1 is 1.03 bits per heavy atom. The molecule has 1 aliphatic heterocycles. The number of anilines is 1. The van der Waals surface area contributed by atoms with Gasteiger partial charge in [0.2, 0.25) is 0 Å². The first-order valence-electron chi connectivity index (χ1n) is 10.9. The van der Waals surface area contributed by atoms with E-state index in [1.54, 1.807) is 11.7 Å². The highest BCUT2D eigenvalue weighted by Gasteiger charge is 2.23. The number of ether oxygens (including phenoxy) is 1. The summed E-state index contributed by atoms with van der Waals surface area (Å²) in [6, 6.07) is 20.0. The molecule has 2 heterocycles. The maximum absolute atomic E-state index is 13.5. The summed E-state index contributed by atoms with van der Waals surface area (Å²) in [4.78, 5) is 15.7. The topological polar surface area (TPSA) is 70.3 Å². The number of pyridine rings is 1. The van der Waals surface area contributed by atoms with Crippen LogP contribution in [0.4, 0.5) is 5.69 Å². The Bertz CT molecular complexity index is 1180. The Morgan fingerprint density at radius 3 is 2.22 bits per heavy atom. The third-order valence-electron chi connectivity index (χ3n) is 6.33. The van der Waals surface area contributed by atoms with Crippen molar-refractivity contribution in [1.82, 2.24) is 9.88 Å². The van der Waals surface area contributed by atoms with Crippen LogP contribution in [-0.2, 0) is 7.05 Å². The van der Waals surface area contributed by atoms with E-state index < -0.39 is 0 Å². The van der Waals surface area contributed by atoms with Crippen LogP contribution < -0.4 is 20.5 Å². The van der Waals surface area contributed by atoms with Gasteiger partial charge in [-0.3, -0.25) is 4.79 Å². The van der Waals surface area contributed by atoms with Crippen molar-refractivity contribution in [3.05, 3.63) is 70.5 Å². The van der Waals surface area contributed by atoms with Crippen molar-refractivity contribution in [3.63, 3.8) is 0 Å². The Hall–Kier alpha value is -3.56. The summed E-state index contributed by atoms with van der Waals surface area (Å²) in [5, 5.41) is 12.5. The monoisotopic (exact) mass is 428 g/mol. The lowest BCUT2D eigenvalue weighted by atomic mass is 9.96. The van der Waals surface area contributed by atoms with E-state index >= 15 is 0 Å². The van der Waals surface area contributed by atoms with Crippen molar-refractivity contribution in [2.75, 3.05) is 32.1 Å². The zero-order valence-electron chi connectivity index (χ0n) is 18.8. The van der Waals surface area contributed by atoms with E-state index in [0.717, 1.165) is 59.8 Å². The van der Waals surface area contributed by atoms with Crippen LogP contribution in [0.25, 0.3) is 22.4 Å². The van der Waals surface area contributed by atoms with E-state index in [1.165, 1.54) is 0 Å². The van der Waals surface area contributed by atoms with Crippen LogP contribution in [0.3, 0.4) is 0 Å². The fourth-order valence-corrected chi connectivity index (χ4v) is 4.40. The maximum atomic E-state index is 13.5. The molecule has 1 fully saturated rings. The van der Waals surface area contributed by atoms with E-state index in [9.17, 15) is 10.1 Å². The summed E-state index contributed by atoms with van der Waals surface area (Å²) >= 11 is 0. The molecule has 0 radical (unpaired) electrons. The van der Waals surface area contributed by atoms with Gasteiger partial charge in [0.05, 0.1) is 24.4 Å². The first-order valence-corrected chi connectivity index (χ1v) is 10.9. The van der Waals surface area contributed by atoms with E-state index in [2.05, 4.69) is 16.3 Å². The average molecular weight is 429 g/mol. The second kappa shape index (κ2) is 9.29. The van der Waals surface area contributed by atoms with Gasteiger partial charge in [-0.05, 0) is 73.5 Å². The minimum Gasteiger partial charge on any atom is -0.497 e. The summed E-state index contributed by atoms with van der Waals surface area (Å²) in [5.41, 5.74) is 5.04. The van der Waals surface area contributed by atoms with E-state index in [-0.39, 0.29) is 5.56 Å². The molecule has 0 bridgehead atoms. The smallest absolute Gasteiger partial charge is 0.274 e. The van der Waals surface area contributed by atoms with Gasteiger partial charge in [0.25, 0.3) is 5.56 Å². The zero-order chi connectivity index (χ0) is 22.7. The lowest BCUT2D eigenvalue weighted by molar-refractivity contribution is 0.415. The van der Waals surface area contributed by atoms with Gasteiger partial charge in [-0.1, -0.05) is 12.1 Å². The molecule has 0 saturated carbocycles. The predicted octanol–water partition coefficient (Wildman–Crippen LogP) is 3.79. The predicted molar refractivity (Wildman–Crippen MR) is 128 cm³/mol. The minimum atomic E-state index is -0.00359. The van der Waals surface area contributed by atoms with Crippen LogP contribution in [0.15, 0.2) is 59.4 Å². The minimum absolute atomic E-state index is 0.00359. The molecule has 1 N–H and O–H groups in total. The van der Waals surface area contributed by atoms with Crippen LogP contribution >= 0.6 is 0 Å². The summed E-state index contributed by atoms with van der Waals surface area (Å²) < 4.78 is 7.05. The summed E-state index contributed by atoms with van der Waals surface area (Å²) in [6.07, 6.45) is 2.01. The molecule has 6 nitrogen and oxygen atoms in total. The van der Waals surface area contributed by atoms with Gasteiger partial charge >= 0.3 is 0 Å². The van der Waals surface area contributed by atoms with Gasteiger partial charge in [0, 0.05) is 31.7 Å². The SMILES string of the molecule is CNC1CCN(c2cc(-c3ccc(C#N)cc3)c(-c3ccc(OC)cc3)n(C)c2=O)CC1. The summed E-state index contributed by atoms with van der Waals surface area (Å²) in [6.45, 7) is 1.69. The molecule has 1 aliphatic rings. The van der Waals surface area contributed by atoms with Crippen molar-refractivity contribution < 1.29 is 4.74 Å². The van der Waals surface area contributed by atoms with Gasteiger partial charge in [0.1, 0.15) is 11.4 Å². The number of hydrogen-bond acceptors (Lipinski definition) is 5. The molecular formula is C26H28N4O2. The second-order valence-corrected chi connectivity index (χ2v) is 8.12. The van der Waals surface area contributed by atoms with E-state index in [4.69, 9.17) is 4.74 Å². The quantitative estimate of drug-likeness (QED) is 0.670. The first-order chi connectivity index (χ1) is 15.5. The van der Waals surface area contributed by atoms with Crippen LogP contribution in [0.2, 0.25) is 0 Å². The van der Waals surface area contributed by atoms with E-state index in [0.29, 0.717) is 11.6 Å². The first kappa shape index (κ1) is 21.7. The molecular weight excluding hydrogens is 400 g/mol. The van der Waals surface area contributed by atoms with Gasteiger partial charge in [-0.25, -0.2) is 0 Å². The van der Waals surface area contributed by atoms with Gasteiger partial charge in [-0.15, -0.1) is 0 Å². The summed E-state index contributed by atoms with van der Waals surface area (Å²) in [5.74, 6) is 0.766. The highest BCUT2D eigenvalue weighted by Crippen LogP contribution is 2.34. The molecule has 2 aromatic carbocycles. The molecule has 3 aromatic rings. The number of nitrogens with one attached hydrogen (secondary N) is 1. The standard InChI is InChI=1S/C26H28N4O2/c1-28-21-12-14-30(15-13-21)24-16-23(19-6-4-18(17-27)5-7-19)25(29(2)26(24)31)20-8-10-22(32-3)11-9-20/h4-11,16,21,28H,12-15H2,1-3H3. The van der Waals surface area contributed by atoms with Crippen LogP contribution in [0.5, 0.6) is 5.75 Å². The van der Waals surface area contributed by atoms with Crippen molar-refractivity contribution in [3.8, 4) is 34.2 Å². The number of methoxy groups -OCH3 is 1. The van der Waals surface area contributed by atoms with Crippen molar-refractivity contribution in [2.24, 2.45) is 7.05 Å². The Kier molecular flexibility index (Phi) is 6.29. The number of benzene rings is 2. The Labute approximate surface area is 188 Å². The van der Waals surface area contributed by atoms with Crippen molar-refractivity contribution in [2.45, 2.75) is 18.9 Å². The molecule has 0 unspecified atom stereocenters. The molecule has 1 aromatic heterocycles. The Balaban J connectivity index is 1.87. The van der Waals surface area contributed by atoms with Crippen LogP contribution in [0.1, 0.15) is 18.4 Å². The average Bonchev–Trinajstić information content (AvgIpc) is 2.86.